The maximum Gasteiger partial charge on any atom is 0.305 e. The molecule has 0 amide bonds. The molecule has 0 aromatic rings. The molecule has 3 nitrogen and oxygen atoms in total. The lowest BCUT2D eigenvalue weighted by molar-refractivity contribution is -0.140. The van der Waals surface area contributed by atoms with E-state index in [0.717, 1.165) is 12.8 Å². The number of methoxy groups -OCH3 is 1. The first-order chi connectivity index (χ1) is 11.8. The van der Waals surface area contributed by atoms with E-state index >= 15 is 0 Å². The number of unbranched alkanes of at least 4 members (excludes halogenated alkanes) is 9. The molecule has 0 aromatic carbocycles. The summed E-state index contributed by atoms with van der Waals surface area (Å²) in [4.78, 5) is 10.9. The van der Waals surface area contributed by atoms with Crippen LogP contribution in [0.25, 0.3) is 0 Å². The van der Waals surface area contributed by atoms with Gasteiger partial charge in [-0.3, -0.25) is 4.79 Å². The molecule has 0 spiro atoms. The Kier molecular flexibility index (Phi) is 12.8. The molecule has 1 rings (SSSR count). The van der Waals surface area contributed by atoms with Gasteiger partial charge in [0.1, 0.15) is 0 Å². The van der Waals surface area contributed by atoms with Gasteiger partial charge in [-0.25, -0.2) is 0 Å². The molecule has 0 bridgehead atoms. The third-order valence-electron chi connectivity index (χ3n) is 4.85. The van der Waals surface area contributed by atoms with Crippen molar-refractivity contribution in [2.24, 2.45) is 0 Å². The van der Waals surface area contributed by atoms with Crippen LogP contribution in [-0.4, -0.2) is 25.3 Å². The highest BCUT2D eigenvalue weighted by molar-refractivity contribution is 5.68. The molecule has 140 valence electrons. The van der Waals surface area contributed by atoms with Crippen LogP contribution in [-0.2, 0) is 14.3 Å². The highest BCUT2D eigenvalue weighted by atomic mass is 16.6. The van der Waals surface area contributed by atoms with Crippen molar-refractivity contribution in [2.75, 3.05) is 7.11 Å². The summed E-state index contributed by atoms with van der Waals surface area (Å²) >= 11 is 0. The fourth-order valence-electron chi connectivity index (χ4n) is 3.16. The van der Waals surface area contributed by atoms with Crippen LogP contribution in [0, 0.1) is 0 Å². The van der Waals surface area contributed by atoms with Gasteiger partial charge in [0.25, 0.3) is 0 Å². The van der Waals surface area contributed by atoms with E-state index < -0.39 is 0 Å². The normalized spacial score (nSPS) is 19.8. The molecule has 0 radical (unpaired) electrons. The molecule has 3 heteroatoms. The minimum atomic E-state index is -0.102. The van der Waals surface area contributed by atoms with Gasteiger partial charge in [-0.15, -0.1) is 0 Å². The van der Waals surface area contributed by atoms with Gasteiger partial charge in [-0.1, -0.05) is 64.0 Å². The van der Waals surface area contributed by atoms with Crippen LogP contribution in [0.5, 0.6) is 0 Å². The van der Waals surface area contributed by atoms with Gasteiger partial charge in [0.05, 0.1) is 19.3 Å². The summed E-state index contributed by atoms with van der Waals surface area (Å²) in [6.07, 6.45) is 22.7. The van der Waals surface area contributed by atoms with Crippen molar-refractivity contribution in [3.8, 4) is 0 Å². The van der Waals surface area contributed by atoms with E-state index in [1.165, 1.54) is 77.7 Å². The van der Waals surface area contributed by atoms with E-state index in [0.29, 0.717) is 18.6 Å². The number of allylic oxidation sites excluding steroid dienone is 2. The minimum Gasteiger partial charge on any atom is -0.469 e. The summed E-state index contributed by atoms with van der Waals surface area (Å²) in [6.45, 7) is 2.21. The molecule has 0 saturated carbocycles. The van der Waals surface area contributed by atoms with Crippen molar-refractivity contribution < 1.29 is 14.3 Å². The van der Waals surface area contributed by atoms with Crippen LogP contribution in [0.1, 0.15) is 96.8 Å². The summed E-state index contributed by atoms with van der Waals surface area (Å²) in [5, 5.41) is 0. The molecule has 1 heterocycles. The van der Waals surface area contributed by atoms with E-state index in [9.17, 15) is 4.79 Å². The summed E-state index contributed by atoms with van der Waals surface area (Å²) < 4.78 is 10.2. The number of esters is 1. The van der Waals surface area contributed by atoms with Crippen LogP contribution in [0.4, 0.5) is 0 Å². The van der Waals surface area contributed by atoms with Crippen LogP contribution >= 0.6 is 0 Å². The Balaban J connectivity index is 1.71. The Labute approximate surface area is 149 Å². The highest BCUT2D eigenvalue weighted by Gasteiger charge is 2.35. The summed E-state index contributed by atoms with van der Waals surface area (Å²) in [6, 6.07) is 0. The number of ether oxygens (including phenoxy) is 2. The quantitative estimate of drug-likeness (QED) is 0.151. The SMILES string of the molecule is CCC1OC1CCCCCCCCCCC=CCCCC(=O)OC. The third-order valence-corrected chi connectivity index (χ3v) is 4.85. The minimum absolute atomic E-state index is 0.102. The number of carbonyl (C=O) groups excluding carboxylic acids is 1. The van der Waals surface area contributed by atoms with Crippen molar-refractivity contribution in [1.29, 1.82) is 0 Å². The third kappa shape index (κ3) is 11.7. The Morgan fingerprint density at radius 2 is 1.46 bits per heavy atom. The second-order valence-corrected chi connectivity index (χ2v) is 6.97. The second-order valence-electron chi connectivity index (χ2n) is 6.97. The molecule has 1 fully saturated rings. The Morgan fingerprint density at radius 1 is 0.875 bits per heavy atom. The molecule has 24 heavy (non-hydrogen) atoms. The van der Waals surface area contributed by atoms with E-state index in [4.69, 9.17) is 4.74 Å². The zero-order valence-electron chi connectivity index (χ0n) is 15.9. The zero-order valence-corrected chi connectivity index (χ0v) is 15.9. The standard InChI is InChI=1S/C21H38O3/c1-3-19-20(24-19)17-15-13-11-9-7-5-4-6-8-10-12-14-16-18-21(22)23-2/h10,12,19-20H,3-9,11,13-18H2,1-2H3. The predicted molar refractivity (Wildman–Crippen MR) is 100 cm³/mol. The van der Waals surface area contributed by atoms with E-state index in [-0.39, 0.29) is 5.97 Å². The first-order valence-electron chi connectivity index (χ1n) is 10.1. The lowest BCUT2D eigenvalue weighted by Gasteiger charge is -2.01. The lowest BCUT2D eigenvalue weighted by atomic mass is 10.0. The summed E-state index contributed by atoms with van der Waals surface area (Å²) in [7, 11) is 1.45. The Morgan fingerprint density at radius 3 is 2.04 bits per heavy atom. The molecule has 2 unspecified atom stereocenters. The molecule has 1 aliphatic rings. The smallest absolute Gasteiger partial charge is 0.305 e. The number of rotatable bonds is 16. The van der Waals surface area contributed by atoms with Gasteiger partial charge in [0, 0.05) is 6.42 Å². The van der Waals surface area contributed by atoms with Crippen molar-refractivity contribution in [3.63, 3.8) is 0 Å². The second kappa shape index (κ2) is 14.5. The van der Waals surface area contributed by atoms with Crippen LogP contribution in [0.15, 0.2) is 12.2 Å². The van der Waals surface area contributed by atoms with Crippen LogP contribution in [0.3, 0.4) is 0 Å². The van der Waals surface area contributed by atoms with Gasteiger partial charge in [-0.05, 0) is 38.5 Å². The fraction of sp³-hybridized carbons (Fsp3) is 0.857. The average molecular weight is 339 g/mol. The summed E-state index contributed by atoms with van der Waals surface area (Å²) in [5.41, 5.74) is 0. The first kappa shape index (κ1) is 21.2. The van der Waals surface area contributed by atoms with E-state index in [2.05, 4.69) is 23.8 Å². The van der Waals surface area contributed by atoms with Gasteiger partial charge in [0.2, 0.25) is 0 Å². The zero-order chi connectivity index (χ0) is 17.5. The van der Waals surface area contributed by atoms with Crippen molar-refractivity contribution in [3.05, 3.63) is 12.2 Å². The molecule has 0 aliphatic carbocycles. The topological polar surface area (TPSA) is 38.8 Å². The maximum absolute atomic E-state index is 10.9. The molecular formula is C21H38O3. The number of hydrogen-bond acceptors (Lipinski definition) is 3. The molecule has 1 aliphatic heterocycles. The Hall–Kier alpha value is -0.830. The largest absolute Gasteiger partial charge is 0.469 e. The monoisotopic (exact) mass is 338 g/mol. The van der Waals surface area contributed by atoms with Gasteiger partial charge in [-0.2, -0.15) is 0 Å². The van der Waals surface area contributed by atoms with Crippen molar-refractivity contribution in [2.45, 2.75) is 109 Å². The predicted octanol–water partition coefficient (Wildman–Crippen LogP) is 5.96. The molecular weight excluding hydrogens is 300 g/mol. The van der Waals surface area contributed by atoms with Gasteiger partial charge in [0.15, 0.2) is 0 Å². The number of hydrogen-bond donors (Lipinski definition) is 0. The Bertz CT molecular complexity index is 338. The maximum atomic E-state index is 10.9. The van der Waals surface area contributed by atoms with E-state index in [1.807, 2.05) is 0 Å². The number of carbonyl (C=O) groups is 1. The number of epoxide rings is 1. The van der Waals surface area contributed by atoms with Gasteiger partial charge < -0.3 is 9.47 Å². The van der Waals surface area contributed by atoms with E-state index in [1.54, 1.807) is 0 Å². The molecule has 0 N–H and O–H groups in total. The van der Waals surface area contributed by atoms with Crippen LogP contribution in [0.2, 0.25) is 0 Å². The highest BCUT2D eigenvalue weighted by Crippen LogP contribution is 2.29. The summed E-state index contributed by atoms with van der Waals surface area (Å²) in [5.74, 6) is -0.102. The van der Waals surface area contributed by atoms with Crippen molar-refractivity contribution >= 4 is 5.97 Å². The molecule has 1 saturated heterocycles. The van der Waals surface area contributed by atoms with Gasteiger partial charge >= 0.3 is 5.97 Å². The van der Waals surface area contributed by atoms with Crippen LogP contribution < -0.4 is 0 Å². The fourth-order valence-corrected chi connectivity index (χ4v) is 3.16. The molecule has 0 aromatic heterocycles. The molecule has 2 atom stereocenters. The average Bonchev–Trinajstić information content (AvgIpc) is 3.36. The first-order valence-corrected chi connectivity index (χ1v) is 10.1. The van der Waals surface area contributed by atoms with Crippen molar-refractivity contribution in [1.82, 2.24) is 0 Å². The lowest BCUT2D eigenvalue weighted by Crippen LogP contribution is -1.98.